The number of hydrogen-bond acceptors (Lipinski definition) is 5. The van der Waals surface area contributed by atoms with Crippen LogP contribution in [0.1, 0.15) is 18.7 Å². The number of aromatic nitrogens is 3. The van der Waals surface area contributed by atoms with Crippen LogP contribution in [0.15, 0.2) is 42.2 Å². The fourth-order valence-electron chi connectivity index (χ4n) is 1.80. The molecule has 0 unspecified atom stereocenters. The first-order chi connectivity index (χ1) is 8.84. The molecule has 1 N–H and O–H groups in total. The van der Waals surface area contributed by atoms with Crippen LogP contribution < -0.4 is 5.32 Å². The average molecular weight is 256 g/mol. The third kappa shape index (κ3) is 2.04. The van der Waals surface area contributed by atoms with Crippen LogP contribution in [-0.2, 0) is 0 Å². The molecule has 18 heavy (non-hydrogen) atoms. The molecule has 0 amide bonds. The van der Waals surface area contributed by atoms with Crippen molar-refractivity contribution < 1.29 is 0 Å². The Morgan fingerprint density at radius 2 is 2.11 bits per heavy atom. The minimum atomic E-state index is 0.117. The molecule has 0 saturated carbocycles. The standard InChI is InChI=1S/C13H12N4S/c1-9(10-4-2-3-6-14-10)17-13-12-11(5-7-18-12)15-8-16-13/h2-9H,1H3,(H,15,16,17)/t9-/m0/s1. The summed E-state index contributed by atoms with van der Waals surface area (Å²) in [6.45, 7) is 2.07. The fourth-order valence-corrected chi connectivity index (χ4v) is 2.60. The van der Waals surface area contributed by atoms with E-state index in [0.29, 0.717) is 0 Å². The van der Waals surface area contributed by atoms with Crippen molar-refractivity contribution in [1.82, 2.24) is 15.0 Å². The summed E-state index contributed by atoms with van der Waals surface area (Å²) < 4.78 is 1.08. The molecule has 1 atom stereocenters. The second kappa shape index (κ2) is 4.70. The van der Waals surface area contributed by atoms with Crippen molar-refractivity contribution in [3.8, 4) is 0 Å². The zero-order chi connectivity index (χ0) is 12.4. The number of rotatable bonds is 3. The van der Waals surface area contributed by atoms with E-state index in [-0.39, 0.29) is 6.04 Å². The predicted octanol–water partition coefficient (Wildman–Crippen LogP) is 3.26. The van der Waals surface area contributed by atoms with Crippen LogP contribution in [0.3, 0.4) is 0 Å². The van der Waals surface area contributed by atoms with Gasteiger partial charge in [-0.3, -0.25) is 4.98 Å². The van der Waals surface area contributed by atoms with Gasteiger partial charge in [-0.2, -0.15) is 0 Å². The number of fused-ring (bicyclic) bond motifs is 1. The normalized spacial score (nSPS) is 12.5. The van der Waals surface area contributed by atoms with Gasteiger partial charge < -0.3 is 5.32 Å². The Morgan fingerprint density at radius 3 is 2.94 bits per heavy atom. The quantitative estimate of drug-likeness (QED) is 0.781. The average Bonchev–Trinajstić information content (AvgIpc) is 2.89. The van der Waals surface area contributed by atoms with E-state index in [1.54, 1.807) is 23.9 Å². The Hall–Kier alpha value is -2.01. The van der Waals surface area contributed by atoms with Crippen molar-refractivity contribution in [3.05, 3.63) is 47.9 Å². The summed E-state index contributed by atoms with van der Waals surface area (Å²) in [5.74, 6) is 0.869. The van der Waals surface area contributed by atoms with Gasteiger partial charge in [0.05, 0.1) is 22.0 Å². The smallest absolute Gasteiger partial charge is 0.147 e. The van der Waals surface area contributed by atoms with Gasteiger partial charge in [-0.1, -0.05) is 6.07 Å². The van der Waals surface area contributed by atoms with Gasteiger partial charge in [0, 0.05) is 6.20 Å². The Kier molecular flexibility index (Phi) is 2.90. The van der Waals surface area contributed by atoms with E-state index < -0.39 is 0 Å². The van der Waals surface area contributed by atoms with E-state index in [0.717, 1.165) is 21.7 Å². The van der Waals surface area contributed by atoms with Crippen LogP contribution in [0.25, 0.3) is 10.2 Å². The first-order valence-corrected chi connectivity index (χ1v) is 6.58. The number of pyridine rings is 1. The minimum absolute atomic E-state index is 0.117. The lowest BCUT2D eigenvalue weighted by Gasteiger charge is -2.13. The van der Waals surface area contributed by atoms with Crippen molar-refractivity contribution >= 4 is 27.4 Å². The first kappa shape index (κ1) is 11.1. The monoisotopic (exact) mass is 256 g/mol. The van der Waals surface area contributed by atoms with Gasteiger partial charge in [0.2, 0.25) is 0 Å². The predicted molar refractivity (Wildman–Crippen MR) is 73.7 cm³/mol. The van der Waals surface area contributed by atoms with Crippen molar-refractivity contribution in [2.45, 2.75) is 13.0 Å². The van der Waals surface area contributed by atoms with E-state index in [1.807, 2.05) is 29.6 Å². The highest BCUT2D eigenvalue weighted by atomic mass is 32.1. The summed E-state index contributed by atoms with van der Waals surface area (Å²) in [4.78, 5) is 12.9. The molecule has 0 bridgehead atoms. The highest BCUT2D eigenvalue weighted by Crippen LogP contribution is 2.27. The summed E-state index contributed by atoms with van der Waals surface area (Å²) in [6, 6.07) is 8.02. The van der Waals surface area contributed by atoms with Crippen molar-refractivity contribution in [3.63, 3.8) is 0 Å². The molecule has 0 aliphatic rings. The minimum Gasteiger partial charge on any atom is -0.361 e. The lowest BCUT2D eigenvalue weighted by Crippen LogP contribution is -2.09. The highest BCUT2D eigenvalue weighted by molar-refractivity contribution is 7.17. The maximum atomic E-state index is 4.34. The molecule has 3 rings (SSSR count). The summed E-state index contributed by atoms with van der Waals surface area (Å²) >= 11 is 1.64. The molecule has 0 fully saturated rings. The maximum Gasteiger partial charge on any atom is 0.147 e. The maximum absolute atomic E-state index is 4.34. The van der Waals surface area contributed by atoms with E-state index in [1.165, 1.54) is 0 Å². The van der Waals surface area contributed by atoms with Gasteiger partial charge in [0.1, 0.15) is 12.1 Å². The molecule has 0 aliphatic carbocycles. The summed E-state index contributed by atoms with van der Waals surface area (Å²) in [7, 11) is 0. The van der Waals surface area contributed by atoms with Gasteiger partial charge >= 0.3 is 0 Å². The van der Waals surface area contributed by atoms with Crippen LogP contribution in [0.5, 0.6) is 0 Å². The first-order valence-electron chi connectivity index (χ1n) is 5.70. The van der Waals surface area contributed by atoms with Crippen molar-refractivity contribution in [2.75, 3.05) is 5.32 Å². The molecular formula is C13H12N4S. The third-order valence-corrected chi connectivity index (χ3v) is 3.64. The van der Waals surface area contributed by atoms with E-state index in [4.69, 9.17) is 0 Å². The Bertz CT molecular complexity index is 650. The lowest BCUT2D eigenvalue weighted by molar-refractivity contribution is 0.833. The summed E-state index contributed by atoms with van der Waals surface area (Å²) in [6.07, 6.45) is 3.39. The lowest BCUT2D eigenvalue weighted by atomic mass is 10.2. The number of hydrogen-bond donors (Lipinski definition) is 1. The van der Waals surface area contributed by atoms with E-state index in [9.17, 15) is 0 Å². The van der Waals surface area contributed by atoms with Gasteiger partial charge in [-0.15, -0.1) is 11.3 Å². The Labute approximate surface area is 109 Å². The van der Waals surface area contributed by atoms with Crippen LogP contribution in [-0.4, -0.2) is 15.0 Å². The molecule has 5 heteroatoms. The fraction of sp³-hybridized carbons (Fsp3) is 0.154. The van der Waals surface area contributed by atoms with Crippen molar-refractivity contribution in [1.29, 1.82) is 0 Å². The third-order valence-electron chi connectivity index (χ3n) is 2.73. The van der Waals surface area contributed by atoms with Crippen LogP contribution >= 0.6 is 11.3 Å². The molecule has 0 radical (unpaired) electrons. The number of nitrogens with zero attached hydrogens (tertiary/aromatic N) is 3. The molecule has 3 heterocycles. The molecular weight excluding hydrogens is 244 g/mol. The molecule has 3 aromatic rings. The second-order valence-electron chi connectivity index (χ2n) is 3.98. The van der Waals surface area contributed by atoms with E-state index in [2.05, 4.69) is 27.2 Å². The van der Waals surface area contributed by atoms with Crippen molar-refractivity contribution in [2.24, 2.45) is 0 Å². The van der Waals surface area contributed by atoms with Gasteiger partial charge in [-0.05, 0) is 30.5 Å². The topological polar surface area (TPSA) is 50.7 Å². The molecule has 0 aliphatic heterocycles. The molecule has 90 valence electrons. The molecule has 0 saturated heterocycles. The highest BCUT2D eigenvalue weighted by Gasteiger charge is 2.10. The number of thiophene rings is 1. The second-order valence-corrected chi connectivity index (χ2v) is 4.89. The summed E-state index contributed by atoms with van der Waals surface area (Å²) in [5.41, 5.74) is 1.98. The SMILES string of the molecule is C[C@H](Nc1ncnc2ccsc12)c1ccccn1. The van der Waals surface area contributed by atoms with Crippen LogP contribution in [0.4, 0.5) is 5.82 Å². The largest absolute Gasteiger partial charge is 0.361 e. The molecule has 3 aromatic heterocycles. The van der Waals surface area contributed by atoms with Gasteiger partial charge in [-0.25, -0.2) is 9.97 Å². The zero-order valence-electron chi connectivity index (χ0n) is 9.87. The van der Waals surface area contributed by atoms with Crippen LogP contribution in [0, 0.1) is 0 Å². The molecule has 4 nitrogen and oxygen atoms in total. The van der Waals surface area contributed by atoms with Gasteiger partial charge in [0.15, 0.2) is 0 Å². The molecule has 0 spiro atoms. The molecule has 0 aromatic carbocycles. The number of nitrogens with one attached hydrogen (secondary N) is 1. The number of anilines is 1. The van der Waals surface area contributed by atoms with Gasteiger partial charge in [0.25, 0.3) is 0 Å². The zero-order valence-corrected chi connectivity index (χ0v) is 10.7. The Balaban J connectivity index is 1.91. The Morgan fingerprint density at radius 1 is 1.17 bits per heavy atom. The van der Waals surface area contributed by atoms with E-state index >= 15 is 0 Å². The summed E-state index contributed by atoms with van der Waals surface area (Å²) in [5, 5.41) is 5.41. The van der Waals surface area contributed by atoms with Crippen LogP contribution in [0.2, 0.25) is 0 Å².